The zero-order valence-corrected chi connectivity index (χ0v) is 9.06. The van der Waals surface area contributed by atoms with E-state index < -0.39 is 12.5 Å². The van der Waals surface area contributed by atoms with Crippen LogP contribution in [0.15, 0.2) is 4.52 Å². The van der Waals surface area contributed by atoms with Gasteiger partial charge in [-0.2, -0.15) is 4.98 Å². The molecular formula is C9H14F2N2O3. The van der Waals surface area contributed by atoms with Gasteiger partial charge in [-0.15, -0.1) is 0 Å². The van der Waals surface area contributed by atoms with E-state index in [9.17, 15) is 8.78 Å². The molecular weight excluding hydrogens is 222 g/mol. The van der Waals surface area contributed by atoms with Crippen molar-refractivity contribution in [2.24, 2.45) is 0 Å². The number of rotatable bonds is 6. The van der Waals surface area contributed by atoms with Gasteiger partial charge in [-0.3, -0.25) is 0 Å². The summed E-state index contributed by atoms with van der Waals surface area (Å²) in [5.41, 5.74) is 0. The Morgan fingerprint density at radius 3 is 2.69 bits per heavy atom. The van der Waals surface area contributed by atoms with Gasteiger partial charge in [0.15, 0.2) is 5.82 Å². The predicted octanol–water partition coefficient (Wildman–Crippen LogP) is 0.815. The summed E-state index contributed by atoms with van der Waals surface area (Å²) in [5.74, 6) is 0.386. The van der Waals surface area contributed by atoms with Gasteiger partial charge in [0.1, 0.15) is 6.10 Å². The molecule has 0 spiro atoms. The predicted molar refractivity (Wildman–Crippen MR) is 50.2 cm³/mol. The van der Waals surface area contributed by atoms with Crippen LogP contribution in [0.4, 0.5) is 8.78 Å². The highest BCUT2D eigenvalue weighted by atomic mass is 19.3. The van der Waals surface area contributed by atoms with Gasteiger partial charge in [0.05, 0.1) is 12.5 Å². The molecule has 2 unspecified atom stereocenters. The minimum atomic E-state index is -2.81. The van der Waals surface area contributed by atoms with E-state index in [1.165, 1.54) is 0 Å². The molecule has 0 aromatic carbocycles. The van der Waals surface area contributed by atoms with Gasteiger partial charge < -0.3 is 14.4 Å². The fourth-order valence-electron chi connectivity index (χ4n) is 1.06. The Balaban J connectivity index is 2.51. The number of nitrogens with zero attached hydrogens (tertiary/aromatic N) is 2. The summed E-state index contributed by atoms with van der Waals surface area (Å²) >= 11 is 0. The molecule has 1 heterocycles. The maximum absolute atomic E-state index is 12.0. The van der Waals surface area contributed by atoms with Crippen molar-refractivity contribution < 1.29 is 23.1 Å². The summed E-state index contributed by atoms with van der Waals surface area (Å²) in [4.78, 5) is 3.87. The van der Waals surface area contributed by atoms with Crippen LogP contribution in [-0.2, 0) is 17.6 Å². The number of aliphatic hydroxyl groups excluding tert-OH is 1. The molecule has 1 aromatic rings. The van der Waals surface area contributed by atoms with Crippen molar-refractivity contribution in [3.63, 3.8) is 0 Å². The molecule has 0 aliphatic rings. The molecule has 0 aliphatic heterocycles. The number of methoxy groups -OCH3 is 1. The van der Waals surface area contributed by atoms with Crippen LogP contribution in [-0.4, -0.2) is 41.0 Å². The third kappa shape index (κ3) is 3.82. The molecule has 0 bridgehead atoms. The Hall–Kier alpha value is -1.08. The van der Waals surface area contributed by atoms with Crippen LogP contribution < -0.4 is 0 Å². The highest BCUT2D eigenvalue weighted by Gasteiger charge is 2.21. The van der Waals surface area contributed by atoms with Crippen LogP contribution in [0.2, 0.25) is 0 Å². The average Bonchev–Trinajstić information content (AvgIpc) is 2.65. The number of alkyl halides is 2. The van der Waals surface area contributed by atoms with E-state index in [-0.39, 0.29) is 18.4 Å². The average molecular weight is 236 g/mol. The van der Waals surface area contributed by atoms with Crippen LogP contribution in [0.5, 0.6) is 0 Å². The molecule has 0 radical (unpaired) electrons. The standard InChI is InChI=1S/C9H14F2N2O3/c1-5(15-2)3-7-12-8(16-13-7)4-6(14)9(10)11/h5-6,9,14H,3-4H2,1-2H3. The Bertz CT molecular complexity index is 319. The molecule has 1 rings (SSSR count). The fraction of sp³-hybridized carbons (Fsp3) is 0.778. The Morgan fingerprint density at radius 1 is 1.44 bits per heavy atom. The van der Waals surface area contributed by atoms with E-state index in [0.717, 1.165) is 0 Å². The molecule has 7 heteroatoms. The lowest BCUT2D eigenvalue weighted by Crippen LogP contribution is -2.20. The lowest BCUT2D eigenvalue weighted by molar-refractivity contribution is -0.00754. The minimum absolute atomic E-state index is 0.00565. The van der Waals surface area contributed by atoms with E-state index in [0.29, 0.717) is 12.2 Å². The molecule has 0 aliphatic carbocycles. The Labute approximate surface area is 91.4 Å². The smallest absolute Gasteiger partial charge is 0.264 e. The number of aromatic nitrogens is 2. The second kappa shape index (κ2) is 5.86. The summed E-state index contributed by atoms with van der Waals surface area (Å²) in [5, 5.41) is 12.5. The Kier molecular flexibility index (Phi) is 4.75. The molecule has 5 nitrogen and oxygen atoms in total. The lowest BCUT2D eigenvalue weighted by Gasteiger charge is -2.05. The number of hydrogen-bond acceptors (Lipinski definition) is 5. The molecule has 16 heavy (non-hydrogen) atoms. The number of aliphatic hydroxyl groups is 1. The van der Waals surface area contributed by atoms with E-state index in [1.54, 1.807) is 7.11 Å². The summed E-state index contributed by atoms with van der Waals surface area (Å²) in [6.45, 7) is 1.82. The number of hydrogen-bond donors (Lipinski definition) is 1. The monoisotopic (exact) mass is 236 g/mol. The maximum Gasteiger partial charge on any atom is 0.264 e. The molecule has 92 valence electrons. The maximum atomic E-state index is 12.0. The molecule has 1 aromatic heterocycles. The molecule has 2 atom stereocenters. The molecule has 0 saturated heterocycles. The summed E-state index contributed by atoms with van der Waals surface area (Å²) in [6.07, 6.45) is -4.57. The third-order valence-electron chi connectivity index (χ3n) is 2.06. The summed E-state index contributed by atoms with van der Waals surface area (Å²) in [6, 6.07) is 0. The normalized spacial score (nSPS) is 15.4. The molecule has 0 fully saturated rings. The second-order valence-corrected chi connectivity index (χ2v) is 3.46. The first-order chi connectivity index (χ1) is 7.52. The van der Waals surface area contributed by atoms with Crippen molar-refractivity contribution >= 4 is 0 Å². The van der Waals surface area contributed by atoms with E-state index >= 15 is 0 Å². The van der Waals surface area contributed by atoms with Gasteiger partial charge in [-0.05, 0) is 6.92 Å². The van der Waals surface area contributed by atoms with Crippen molar-refractivity contribution in [3.05, 3.63) is 11.7 Å². The first-order valence-electron chi connectivity index (χ1n) is 4.83. The van der Waals surface area contributed by atoms with E-state index in [1.807, 2.05) is 6.92 Å². The van der Waals surface area contributed by atoms with Crippen molar-refractivity contribution in [2.45, 2.75) is 38.4 Å². The van der Waals surface area contributed by atoms with Gasteiger partial charge in [-0.25, -0.2) is 8.78 Å². The Morgan fingerprint density at radius 2 is 2.12 bits per heavy atom. The number of ether oxygens (including phenoxy) is 1. The molecule has 0 saturated carbocycles. The van der Waals surface area contributed by atoms with Crippen LogP contribution in [0.3, 0.4) is 0 Å². The largest absolute Gasteiger partial charge is 0.387 e. The first kappa shape index (κ1) is 13.0. The van der Waals surface area contributed by atoms with Gasteiger partial charge in [0.2, 0.25) is 5.89 Å². The molecule has 1 N–H and O–H groups in total. The van der Waals surface area contributed by atoms with Gasteiger partial charge >= 0.3 is 0 Å². The van der Waals surface area contributed by atoms with Crippen molar-refractivity contribution in [3.8, 4) is 0 Å². The van der Waals surface area contributed by atoms with Crippen LogP contribution >= 0.6 is 0 Å². The quantitative estimate of drug-likeness (QED) is 0.791. The zero-order valence-electron chi connectivity index (χ0n) is 9.06. The number of halogens is 2. The first-order valence-corrected chi connectivity index (χ1v) is 4.83. The summed E-state index contributed by atoms with van der Waals surface area (Å²) < 4.78 is 33.8. The van der Waals surface area contributed by atoms with Crippen molar-refractivity contribution in [1.29, 1.82) is 0 Å². The van der Waals surface area contributed by atoms with Crippen LogP contribution in [0.25, 0.3) is 0 Å². The van der Waals surface area contributed by atoms with Crippen LogP contribution in [0.1, 0.15) is 18.6 Å². The topological polar surface area (TPSA) is 68.4 Å². The SMILES string of the molecule is COC(C)Cc1noc(CC(O)C(F)F)n1. The highest BCUT2D eigenvalue weighted by Crippen LogP contribution is 2.09. The molecule has 0 amide bonds. The summed E-state index contributed by atoms with van der Waals surface area (Å²) in [7, 11) is 1.55. The van der Waals surface area contributed by atoms with Gasteiger partial charge in [0.25, 0.3) is 6.43 Å². The second-order valence-electron chi connectivity index (χ2n) is 3.46. The minimum Gasteiger partial charge on any atom is -0.387 e. The van der Waals surface area contributed by atoms with E-state index in [2.05, 4.69) is 10.1 Å². The fourth-order valence-corrected chi connectivity index (χ4v) is 1.06. The van der Waals surface area contributed by atoms with Crippen LogP contribution in [0, 0.1) is 0 Å². The van der Waals surface area contributed by atoms with Crippen molar-refractivity contribution in [1.82, 2.24) is 10.1 Å². The highest BCUT2D eigenvalue weighted by molar-refractivity contribution is 4.90. The third-order valence-corrected chi connectivity index (χ3v) is 2.06. The van der Waals surface area contributed by atoms with Gasteiger partial charge in [-0.1, -0.05) is 5.16 Å². The lowest BCUT2D eigenvalue weighted by atomic mass is 10.2. The van der Waals surface area contributed by atoms with Crippen molar-refractivity contribution in [2.75, 3.05) is 7.11 Å². The van der Waals surface area contributed by atoms with Gasteiger partial charge in [0, 0.05) is 13.5 Å². The zero-order chi connectivity index (χ0) is 12.1. The van der Waals surface area contributed by atoms with E-state index in [4.69, 9.17) is 14.4 Å².